The zero-order valence-electron chi connectivity index (χ0n) is 21.7. The number of aliphatic hydroxyl groups excluding tert-OH is 2. The number of anilines is 2. The predicted octanol–water partition coefficient (Wildman–Crippen LogP) is 4.04. The van der Waals surface area contributed by atoms with Gasteiger partial charge in [0, 0.05) is 19.0 Å². The van der Waals surface area contributed by atoms with Crippen LogP contribution in [0.5, 0.6) is 0 Å². The van der Waals surface area contributed by atoms with Gasteiger partial charge in [0.05, 0.1) is 40.2 Å². The third-order valence-corrected chi connectivity index (χ3v) is 7.66. The molecule has 14 heteroatoms. The Labute approximate surface area is 227 Å². The lowest BCUT2D eigenvalue weighted by atomic mass is 10.1. The van der Waals surface area contributed by atoms with Gasteiger partial charge in [-0.05, 0) is 39.3 Å². The number of nitrogens with zero attached hydrogens (tertiary/aromatic N) is 4. The number of benzene rings is 1. The SMILES string of the molecule is CCN(CC)C(=O)OC[C@H]1C[C@@H](Nc2nc(NCC(F)(F)F)nc(C)c2-c2nc3ccccc3s2)[C@H](O)[C@@H]1O. The van der Waals surface area contributed by atoms with E-state index in [9.17, 15) is 28.2 Å². The molecule has 4 atom stereocenters. The number of carbonyl (C=O) groups excluding carboxylic acids is 1. The van der Waals surface area contributed by atoms with E-state index in [0.717, 1.165) is 10.2 Å². The summed E-state index contributed by atoms with van der Waals surface area (Å²) in [6.45, 7) is 4.81. The maximum Gasteiger partial charge on any atom is 0.409 e. The van der Waals surface area contributed by atoms with Gasteiger partial charge in [0.1, 0.15) is 23.5 Å². The van der Waals surface area contributed by atoms with E-state index in [1.165, 1.54) is 16.2 Å². The Morgan fingerprint density at radius 3 is 2.54 bits per heavy atom. The fraction of sp³-hybridized carbons (Fsp3) is 0.520. The van der Waals surface area contributed by atoms with E-state index < -0.39 is 43.0 Å². The first-order chi connectivity index (χ1) is 18.5. The van der Waals surface area contributed by atoms with E-state index in [1.807, 2.05) is 38.1 Å². The molecule has 1 fully saturated rings. The second-order valence-corrected chi connectivity index (χ2v) is 10.3. The summed E-state index contributed by atoms with van der Waals surface area (Å²) in [4.78, 5) is 26.9. The summed E-state index contributed by atoms with van der Waals surface area (Å²) in [5, 5.41) is 27.3. The number of halogens is 3. The van der Waals surface area contributed by atoms with E-state index >= 15 is 0 Å². The summed E-state index contributed by atoms with van der Waals surface area (Å²) in [7, 11) is 0. The number of amides is 1. The van der Waals surface area contributed by atoms with Crippen molar-refractivity contribution in [2.24, 2.45) is 5.92 Å². The smallest absolute Gasteiger partial charge is 0.409 e. The lowest BCUT2D eigenvalue weighted by molar-refractivity contribution is -0.115. The molecule has 1 amide bonds. The molecule has 0 spiro atoms. The van der Waals surface area contributed by atoms with Gasteiger partial charge in [-0.3, -0.25) is 0 Å². The summed E-state index contributed by atoms with van der Waals surface area (Å²) in [6.07, 6.45) is -7.20. The van der Waals surface area contributed by atoms with Crippen LogP contribution in [0.1, 0.15) is 26.0 Å². The van der Waals surface area contributed by atoms with E-state index in [0.29, 0.717) is 29.4 Å². The lowest BCUT2D eigenvalue weighted by Crippen LogP contribution is -2.37. The Balaban J connectivity index is 1.61. The average molecular weight is 569 g/mol. The van der Waals surface area contributed by atoms with E-state index in [-0.39, 0.29) is 24.8 Å². The van der Waals surface area contributed by atoms with Gasteiger partial charge < -0.3 is 30.5 Å². The van der Waals surface area contributed by atoms with Crippen molar-refractivity contribution in [3.63, 3.8) is 0 Å². The molecule has 2 heterocycles. The lowest BCUT2D eigenvalue weighted by Gasteiger charge is -2.21. The van der Waals surface area contributed by atoms with Crippen LogP contribution < -0.4 is 10.6 Å². The first-order valence-corrected chi connectivity index (χ1v) is 13.4. The molecule has 1 aliphatic carbocycles. The number of aryl methyl sites for hydroxylation is 1. The molecule has 1 saturated carbocycles. The van der Waals surface area contributed by atoms with Crippen molar-refractivity contribution < 1.29 is 32.9 Å². The number of hydrogen-bond donors (Lipinski definition) is 4. The van der Waals surface area contributed by atoms with Crippen LogP contribution in [-0.2, 0) is 4.74 Å². The quantitative estimate of drug-likeness (QED) is 0.302. The third kappa shape index (κ3) is 6.68. The molecule has 0 radical (unpaired) electrons. The number of hydrogen-bond acceptors (Lipinski definition) is 10. The highest BCUT2D eigenvalue weighted by Gasteiger charge is 2.43. The summed E-state index contributed by atoms with van der Waals surface area (Å²) in [5.74, 6) is -0.633. The largest absolute Gasteiger partial charge is 0.449 e. The van der Waals surface area contributed by atoms with Crippen LogP contribution in [0.15, 0.2) is 24.3 Å². The van der Waals surface area contributed by atoms with Crippen LogP contribution >= 0.6 is 11.3 Å². The molecule has 0 saturated heterocycles. The molecule has 0 bridgehead atoms. The van der Waals surface area contributed by atoms with Crippen LogP contribution in [0.4, 0.5) is 29.7 Å². The van der Waals surface area contributed by atoms with Crippen LogP contribution in [0.3, 0.4) is 0 Å². The molecular weight excluding hydrogens is 537 g/mol. The molecule has 1 aromatic carbocycles. The van der Waals surface area contributed by atoms with Gasteiger partial charge in [0.2, 0.25) is 5.95 Å². The number of fused-ring (bicyclic) bond motifs is 1. The Bertz CT molecular complexity index is 1270. The van der Waals surface area contributed by atoms with Gasteiger partial charge in [-0.15, -0.1) is 11.3 Å². The second kappa shape index (κ2) is 11.9. The Kier molecular flexibility index (Phi) is 8.76. The summed E-state index contributed by atoms with van der Waals surface area (Å²) in [6, 6.07) is 6.75. The highest BCUT2D eigenvalue weighted by atomic mass is 32.1. The molecule has 10 nitrogen and oxygen atoms in total. The number of para-hydroxylation sites is 1. The van der Waals surface area contributed by atoms with Gasteiger partial charge in [-0.2, -0.15) is 18.2 Å². The van der Waals surface area contributed by atoms with Crippen molar-refractivity contribution >= 4 is 39.4 Å². The fourth-order valence-electron chi connectivity index (χ4n) is 4.53. The van der Waals surface area contributed by atoms with Crippen molar-refractivity contribution in [2.45, 2.75) is 51.6 Å². The van der Waals surface area contributed by atoms with Gasteiger partial charge in [-0.1, -0.05) is 12.1 Å². The van der Waals surface area contributed by atoms with Crippen molar-refractivity contribution in [3.8, 4) is 10.6 Å². The number of nitrogens with one attached hydrogen (secondary N) is 2. The highest BCUT2D eigenvalue weighted by Crippen LogP contribution is 2.38. The minimum Gasteiger partial charge on any atom is -0.449 e. The standard InChI is InChI=1S/C25H31F3N6O4S/c1-4-34(5-2)24(37)38-11-14-10-16(20(36)19(14)35)31-21-18(22-32-15-8-6-7-9-17(15)39-22)13(3)30-23(33-21)29-12-25(26,27)28/h6-9,14,16,19-20,35-36H,4-5,10-12H2,1-3H3,(H2,29,30,31,33)/t14-,16-,19-,20+/m1/s1. The van der Waals surface area contributed by atoms with Crippen molar-refractivity contribution in [2.75, 3.05) is 36.9 Å². The molecule has 4 N–H and O–H groups in total. The van der Waals surface area contributed by atoms with Crippen LogP contribution in [0.25, 0.3) is 20.8 Å². The van der Waals surface area contributed by atoms with Gasteiger partial charge in [0.25, 0.3) is 0 Å². The number of alkyl halides is 3. The topological polar surface area (TPSA) is 133 Å². The third-order valence-electron chi connectivity index (χ3n) is 6.61. The maximum absolute atomic E-state index is 12.9. The van der Waals surface area contributed by atoms with Gasteiger partial charge in [0.15, 0.2) is 0 Å². The molecule has 3 aromatic rings. The molecule has 39 heavy (non-hydrogen) atoms. The maximum atomic E-state index is 12.9. The number of ether oxygens (including phenoxy) is 1. The number of thiazole rings is 1. The summed E-state index contributed by atoms with van der Waals surface area (Å²) in [5.41, 5.74) is 1.61. The number of aliphatic hydroxyl groups is 2. The zero-order valence-corrected chi connectivity index (χ0v) is 22.5. The Morgan fingerprint density at radius 2 is 1.87 bits per heavy atom. The number of rotatable bonds is 9. The van der Waals surface area contributed by atoms with Crippen molar-refractivity contribution in [1.29, 1.82) is 0 Å². The van der Waals surface area contributed by atoms with E-state index in [2.05, 4.69) is 25.6 Å². The summed E-state index contributed by atoms with van der Waals surface area (Å²) >= 11 is 1.37. The molecule has 1 aliphatic rings. The Hall–Kier alpha value is -3.23. The molecule has 2 aromatic heterocycles. The van der Waals surface area contributed by atoms with E-state index in [4.69, 9.17) is 4.74 Å². The minimum atomic E-state index is -4.47. The highest BCUT2D eigenvalue weighted by molar-refractivity contribution is 7.21. The average Bonchev–Trinajstić information content (AvgIpc) is 3.42. The monoisotopic (exact) mass is 568 g/mol. The molecular formula is C25H31F3N6O4S. The normalized spacial score (nSPS) is 21.2. The van der Waals surface area contributed by atoms with Crippen molar-refractivity contribution in [3.05, 3.63) is 30.0 Å². The molecule has 212 valence electrons. The summed E-state index contributed by atoms with van der Waals surface area (Å²) < 4.78 is 44.8. The Morgan fingerprint density at radius 1 is 1.15 bits per heavy atom. The first kappa shape index (κ1) is 28.8. The van der Waals surface area contributed by atoms with Crippen LogP contribution in [0.2, 0.25) is 0 Å². The van der Waals surface area contributed by atoms with Crippen molar-refractivity contribution in [1.82, 2.24) is 19.9 Å². The number of carbonyl (C=O) groups is 1. The molecule has 0 aliphatic heterocycles. The van der Waals surface area contributed by atoms with Crippen LogP contribution in [0, 0.1) is 12.8 Å². The number of aromatic nitrogens is 3. The zero-order chi connectivity index (χ0) is 28.3. The first-order valence-electron chi connectivity index (χ1n) is 12.6. The van der Waals surface area contributed by atoms with Gasteiger partial charge in [-0.25, -0.2) is 14.8 Å². The second-order valence-electron chi connectivity index (χ2n) is 9.29. The van der Waals surface area contributed by atoms with Gasteiger partial charge >= 0.3 is 12.3 Å². The predicted molar refractivity (Wildman–Crippen MR) is 142 cm³/mol. The molecule has 4 rings (SSSR count). The fourth-order valence-corrected chi connectivity index (χ4v) is 5.59. The molecule has 0 unspecified atom stereocenters. The van der Waals surface area contributed by atoms with Crippen LogP contribution in [-0.4, -0.2) is 86.8 Å². The van der Waals surface area contributed by atoms with E-state index in [1.54, 1.807) is 6.92 Å². The minimum absolute atomic E-state index is 0.0995.